The Morgan fingerprint density at radius 1 is 1.13 bits per heavy atom. The fourth-order valence-electron chi connectivity index (χ4n) is 2.75. The van der Waals surface area contributed by atoms with E-state index in [1.165, 1.54) is 11.1 Å². The van der Waals surface area contributed by atoms with E-state index >= 15 is 0 Å². The van der Waals surface area contributed by atoms with Crippen LogP contribution in [0.5, 0.6) is 0 Å². The summed E-state index contributed by atoms with van der Waals surface area (Å²) in [6.07, 6.45) is 1.73. The van der Waals surface area contributed by atoms with Crippen LogP contribution in [0.1, 0.15) is 16.9 Å². The van der Waals surface area contributed by atoms with E-state index in [0.29, 0.717) is 0 Å². The first-order valence-corrected chi connectivity index (χ1v) is 8.40. The molecule has 5 heteroatoms. The molecular formula is C18H23N3OS. The molecule has 0 atom stereocenters. The van der Waals surface area contributed by atoms with E-state index in [9.17, 15) is 0 Å². The lowest BCUT2D eigenvalue weighted by Gasteiger charge is -2.35. The third-order valence-electron chi connectivity index (χ3n) is 4.38. The van der Waals surface area contributed by atoms with Crippen LogP contribution in [-0.2, 0) is 6.54 Å². The van der Waals surface area contributed by atoms with E-state index in [0.717, 1.165) is 49.3 Å². The van der Waals surface area contributed by atoms with Crippen molar-refractivity contribution in [3.63, 3.8) is 0 Å². The average molecular weight is 329 g/mol. The second-order valence-corrected chi connectivity index (χ2v) is 6.46. The number of hydrogen-bond acceptors (Lipinski definition) is 3. The average Bonchev–Trinajstić information content (AvgIpc) is 3.04. The normalized spacial score (nSPS) is 15.7. The zero-order valence-electron chi connectivity index (χ0n) is 13.7. The van der Waals surface area contributed by atoms with Crippen LogP contribution < -0.4 is 5.32 Å². The first-order chi connectivity index (χ1) is 11.1. The Balaban J connectivity index is 1.50. The van der Waals surface area contributed by atoms with E-state index in [4.69, 9.17) is 16.6 Å². The molecule has 2 aromatic rings. The van der Waals surface area contributed by atoms with Gasteiger partial charge in [-0.05, 0) is 61.5 Å². The van der Waals surface area contributed by atoms with Gasteiger partial charge in [0, 0.05) is 31.9 Å². The van der Waals surface area contributed by atoms with Gasteiger partial charge in [-0.15, -0.1) is 0 Å². The number of rotatable bonds is 3. The van der Waals surface area contributed by atoms with E-state index in [2.05, 4.69) is 47.2 Å². The molecule has 1 aromatic heterocycles. The molecule has 2 heterocycles. The lowest BCUT2D eigenvalue weighted by atomic mass is 10.1. The van der Waals surface area contributed by atoms with Crippen LogP contribution in [0.4, 0.5) is 5.69 Å². The van der Waals surface area contributed by atoms with E-state index in [1.54, 1.807) is 6.26 Å². The SMILES string of the molecule is Cc1ccc(NC(=S)N2CCN(Cc3ccco3)CC2)cc1C. The van der Waals surface area contributed by atoms with Crippen molar-refractivity contribution in [1.82, 2.24) is 9.80 Å². The molecule has 1 aliphatic rings. The highest BCUT2D eigenvalue weighted by atomic mass is 32.1. The zero-order chi connectivity index (χ0) is 16.2. The lowest BCUT2D eigenvalue weighted by molar-refractivity contribution is 0.166. The van der Waals surface area contributed by atoms with Crippen LogP contribution >= 0.6 is 12.2 Å². The number of aryl methyl sites for hydroxylation is 2. The van der Waals surface area contributed by atoms with Crippen LogP contribution in [0.15, 0.2) is 41.0 Å². The van der Waals surface area contributed by atoms with Gasteiger partial charge in [-0.1, -0.05) is 6.07 Å². The molecule has 0 amide bonds. The van der Waals surface area contributed by atoms with Crippen molar-refractivity contribution in [2.75, 3.05) is 31.5 Å². The summed E-state index contributed by atoms with van der Waals surface area (Å²) in [7, 11) is 0. The van der Waals surface area contributed by atoms with Crippen molar-refractivity contribution in [2.45, 2.75) is 20.4 Å². The molecule has 0 saturated carbocycles. The minimum atomic E-state index is 0.811. The van der Waals surface area contributed by atoms with Crippen LogP contribution in [-0.4, -0.2) is 41.1 Å². The molecule has 1 N–H and O–H groups in total. The Bertz CT molecular complexity index is 661. The molecule has 1 aromatic carbocycles. The fraction of sp³-hybridized carbons (Fsp3) is 0.389. The summed E-state index contributed by atoms with van der Waals surface area (Å²) >= 11 is 5.56. The first kappa shape index (κ1) is 16.0. The maximum absolute atomic E-state index is 5.56. The van der Waals surface area contributed by atoms with Gasteiger partial charge in [-0.3, -0.25) is 4.90 Å². The summed E-state index contributed by atoms with van der Waals surface area (Å²) in [5.74, 6) is 1.02. The van der Waals surface area contributed by atoms with Crippen molar-refractivity contribution in [1.29, 1.82) is 0 Å². The molecule has 1 saturated heterocycles. The van der Waals surface area contributed by atoms with Crippen LogP contribution in [0.25, 0.3) is 0 Å². The van der Waals surface area contributed by atoms with Gasteiger partial charge in [0.2, 0.25) is 0 Å². The Labute approximate surface area is 143 Å². The smallest absolute Gasteiger partial charge is 0.173 e. The van der Waals surface area contributed by atoms with Crippen molar-refractivity contribution in [3.8, 4) is 0 Å². The molecule has 4 nitrogen and oxygen atoms in total. The maximum atomic E-state index is 5.56. The number of piperazine rings is 1. The molecule has 1 fully saturated rings. The van der Waals surface area contributed by atoms with Gasteiger partial charge in [0.15, 0.2) is 5.11 Å². The molecular weight excluding hydrogens is 306 g/mol. The monoisotopic (exact) mass is 329 g/mol. The molecule has 0 aliphatic carbocycles. The molecule has 23 heavy (non-hydrogen) atoms. The van der Waals surface area contributed by atoms with Gasteiger partial charge >= 0.3 is 0 Å². The third-order valence-corrected chi connectivity index (χ3v) is 4.74. The zero-order valence-corrected chi connectivity index (χ0v) is 14.5. The number of benzene rings is 1. The topological polar surface area (TPSA) is 31.6 Å². The summed E-state index contributed by atoms with van der Waals surface area (Å²) in [5, 5.41) is 4.17. The Hall–Kier alpha value is -1.85. The highest BCUT2D eigenvalue weighted by Gasteiger charge is 2.19. The van der Waals surface area contributed by atoms with E-state index < -0.39 is 0 Å². The highest BCUT2D eigenvalue weighted by Crippen LogP contribution is 2.16. The van der Waals surface area contributed by atoms with Crippen LogP contribution in [0.3, 0.4) is 0 Å². The molecule has 0 radical (unpaired) electrons. The Kier molecular flexibility index (Phi) is 4.98. The number of hydrogen-bond donors (Lipinski definition) is 1. The second-order valence-electron chi connectivity index (χ2n) is 6.07. The number of nitrogens with one attached hydrogen (secondary N) is 1. The van der Waals surface area contributed by atoms with Crippen LogP contribution in [0, 0.1) is 13.8 Å². The van der Waals surface area contributed by atoms with Crippen molar-refractivity contribution >= 4 is 23.0 Å². The summed E-state index contributed by atoms with van der Waals surface area (Å²) in [5.41, 5.74) is 3.64. The number of thiocarbonyl (C=S) groups is 1. The number of furan rings is 1. The third kappa shape index (κ3) is 4.12. The minimum Gasteiger partial charge on any atom is -0.468 e. The maximum Gasteiger partial charge on any atom is 0.173 e. The lowest BCUT2D eigenvalue weighted by Crippen LogP contribution is -2.49. The van der Waals surface area contributed by atoms with Crippen molar-refractivity contribution in [3.05, 3.63) is 53.5 Å². The van der Waals surface area contributed by atoms with E-state index in [-0.39, 0.29) is 0 Å². The summed E-state index contributed by atoms with van der Waals surface area (Å²) in [6.45, 7) is 8.99. The Morgan fingerprint density at radius 3 is 2.57 bits per heavy atom. The number of anilines is 1. The summed E-state index contributed by atoms with van der Waals surface area (Å²) < 4.78 is 5.42. The molecule has 122 valence electrons. The van der Waals surface area contributed by atoms with Gasteiger partial charge in [0.25, 0.3) is 0 Å². The van der Waals surface area contributed by atoms with Crippen LogP contribution in [0.2, 0.25) is 0 Å². The molecule has 3 rings (SSSR count). The van der Waals surface area contributed by atoms with Gasteiger partial charge in [-0.25, -0.2) is 0 Å². The molecule has 1 aliphatic heterocycles. The highest BCUT2D eigenvalue weighted by molar-refractivity contribution is 7.80. The fourth-order valence-corrected chi connectivity index (χ4v) is 3.05. The van der Waals surface area contributed by atoms with Gasteiger partial charge in [0.1, 0.15) is 5.76 Å². The quantitative estimate of drug-likeness (QED) is 0.872. The van der Waals surface area contributed by atoms with E-state index in [1.807, 2.05) is 12.1 Å². The standard InChI is InChI=1S/C18H23N3OS/c1-14-5-6-16(12-15(14)2)19-18(23)21-9-7-20(8-10-21)13-17-4-3-11-22-17/h3-6,11-12H,7-10,13H2,1-2H3,(H,19,23). The van der Waals surface area contributed by atoms with Crippen molar-refractivity contribution < 1.29 is 4.42 Å². The van der Waals surface area contributed by atoms with Gasteiger partial charge in [0.05, 0.1) is 12.8 Å². The number of nitrogens with zero attached hydrogens (tertiary/aromatic N) is 2. The Morgan fingerprint density at radius 2 is 1.91 bits per heavy atom. The predicted molar refractivity (Wildman–Crippen MR) is 97.7 cm³/mol. The largest absolute Gasteiger partial charge is 0.468 e. The minimum absolute atomic E-state index is 0.811. The summed E-state index contributed by atoms with van der Waals surface area (Å²) in [6, 6.07) is 10.3. The van der Waals surface area contributed by atoms with Crippen molar-refractivity contribution in [2.24, 2.45) is 0 Å². The van der Waals surface area contributed by atoms with Gasteiger partial charge in [-0.2, -0.15) is 0 Å². The molecule has 0 bridgehead atoms. The molecule has 0 unspecified atom stereocenters. The first-order valence-electron chi connectivity index (χ1n) is 8.00. The second kappa shape index (κ2) is 7.15. The van der Waals surface area contributed by atoms with Gasteiger partial charge < -0.3 is 14.6 Å². The summed E-state index contributed by atoms with van der Waals surface area (Å²) in [4.78, 5) is 4.64. The predicted octanol–water partition coefficient (Wildman–Crippen LogP) is 3.41. The molecule has 0 spiro atoms.